The molecule has 0 aliphatic rings. The molecule has 7 heteroatoms. The van der Waals surface area contributed by atoms with Crippen LogP contribution in [0.4, 0.5) is 0 Å². The lowest BCUT2D eigenvalue weighted by Gasteiger charge is -2.13. The molecule has 1 aromatic heterocycles. The summed E-state index contributed by atoms with van der Waals surface area (Å²) in [4.78, 5) is 30.1. The van der Waals surface area contributed by atoms with E-state index in [0.29, 0.717) is 32.4 Å². The highest BCUT2D eigenvalue weighted by molar-refractivity contribution is 5.79. The lowest BCUT2D eigenvalue weighted by molar-refractivity contribution is -0.122. The Balaban J connectivity index is 2.09. The largest absolute Gasteiger partial charge is 0.385 e. The molecular formula is C14H24N4O3. The zero-order valence-corrected chi connectivity index (χ0v) is 12.6. The van der Waals surface area contributed by atoms with Gasteiger partial charge in [-0.25, -0.2) is 4.98 Å². The zero-order valence-electron chi connectivity index (χ0n) is 12.6. The lowest BCUT2D eigenvalue weighted by Crippen LogP contribution is -2.36. The highest BCUT2D eigenvalue weighted by atomic mass is 16.5. The van der Waals surface area contributed by atoms with E-state index in [1.54, 1.807) is 19.6 Å². The van der Waals surface area contributed by atoms with Crippen LogP contribution in [-0.2, 0) is 20.7 Å². The number of rotatable bonds is 10. The van der Waals surface area contributed by atoms with Crippen LogP contribution in [0.1, 0.15) is 31.9 Å². The molecule has 1 aromatic rings. The third-order valence-corrected chi connectivity index (χ3v) is 2.91. The molecule has 0 saturated carbocycles. The number of ether oxygens (including phenoxy) is 1. The third-order valence-electron chi connectivity index (χ3n) is 2.91. The first-order valence-corrected chi connectivity index (χ1v) is 7.14. The van der Waals surface area contributed by atoms with Gasteiger partial charge in [-0.1, -0.05) is 0 Å². The van der Waals surface area contributed by atoms with Gasteiger partial charge in [-0.3, -0.25) is 9.59 Å². The first-order chi connectivity index (χ1) is 10.1. The van der Waals surface area contributed by atoms with Crippen LogP contribution in [0.15, 0.2) is 12.5 Å². The quantitative estimate of drug-likeness (QED) is 0.544. The molecule has 7 nitrogen and oxygen atoms in total. The van der Waals surface area contributed by atoms with Crippen molar-refractivity contribution in [3.05, 3.63) is 18.2 Å². The average molecular weight is 296 g/mol. The number of amides is 2. The van der Waals surface area contributed by atoms with Crippen LogP contribution in [0.2, 0.25) is 0 Å². The second-order valence-corrected chi connectivity index (χ2v) is 4.95. The molecule has 0 unspecified atom stereocenters. The fraction of sp³-hybridized carbons (Fsp3) is 0.643. The van der Waals surface area contributed by atoms with Gasteiger partial charge in [0.2, 0.25) is 11.8 Å². The van der Waals surface area contributed by atoms with E-state index in [-0.39, 0.29) is 24.3 Å². The molecule has 0 aliphatic carbocycles. The molecule has 1 heterocycles. The lowest BCUT2D eigenvalue weighted by atomic mass is 10.2. The normalized spacial score (nSPS) is 11.9. The monoisotopic (exact) mass is 296 g/mol. The van der Waals surface area contributed by atoms with Gasteiger partial charge in [0.15, 0.2) is 0 Å². The number of nitrogens with zero attached hydrogens (tertiary/aromatic N) is 1. The van der Waals surface area contributed by atoms with Crippen molar-refractivity contribution in [1.29, 1.82) is 0 Å². The summed E-state index contributed by atoms with van der Waals surface area (Å²) in [6.45, 7) is 2.86. The molecule has 118 valence electrons. The van der Waals surface area contributed by atoms with Gasteiger partial charge >= 0.3 is 0 Å². The molecular weight excluding hydrogens is 272 g/mol. The second kappa shape index (κ2) is 9.93. The molecule has 0 aliphatic heterocycles. The predicted molar refractivity (Wildman–Crippen MR) is 78.6 cm³/mol. The smallest absolute Gasteiger partial charge is 0.221 e. The number of carbonyl (C=O) groups is 2. The maximum Gasteiger partial charge on any atom is 0.221 e. The zero-order chi connectivity index (χ0) is 15.5. The number of aromatic amines is 1. The summed E-state index contributed by atoms with van der Waals surface area (Å²) in [5.74, 6) is -0.121. The molecule has 0 bridgehead atoms. The van der Waals surface area contributed by atoms with Crippen molar-refractivity contribution in [2.75, 3.05) is 20.3 Å². The van der Waals surface area contributed by atoms with Crippen molar-refractivity contribution < 1.29 is 14.3 Å². The van der Waals surface area contributed by atoms with Crippen LogP contribution in [-0.4, -0.2) is 48.1 Å². The van der Waals surface area contributed by atoms with Crippen molar-refractivity contribution in [2.45, 2.75) is 38.6 Å². The maximum absolute atomic E-state index is 11.7. The van der Waals surface area contributed by atoms with Crippen LogP contribution in [0.3, 0.4) is 0 Å². The Labute approximate surface area is 124 Å². The van der Waals surface area contributed by atoms with E-state index in [0.717, 1.165) is 5.69 Å². The highest BCUT2D eigenvalue weighted by Crippen LogP contribution is 1.97. The highest BCUT2D eigenvalue weighted by Gasteiger charge is 2.09. The third kappa shape index (κ3) is 8.09. The molecule has 2 amide bonds. The molecule has 21 heavy (non-hydrogen) atoms. The van der Waals surface area contributed by atoms with Crippen molar-refractivity contribution >= 4 is 11.8 Å². The van der Waals surface area contributed by atoms with Gasteiger partial charge in [0.1, 0.15) is 0 Å². The Morgan fingerprint density at radius 2 is 2.19 bits per heavy atom. The second-order valence-electron chi connectivity index (χ2n) is 4.95. The summed E-state index contributed by atoms with van der Waals surface area (Å²) in [6, 6.07) is 0.0235. The SMILES string of the molecule is COCCCC(=O)NCCC(=O)N[C@H](C)Cc1cnc[nH]1. The van der Waals surface area contributed by atoms with E-state index in [4.69, 9.17) is 4.74 Å². The van der Waals surface area contributed by atoms with Gasteiger partial charge in [0.25, 0.3) is 0 Å². The minimum absolute atomic E-state index is 0.0235. The number of nitrogens with one attached hydrogen (secondary N) is 3. The number of hydrogen-bond donors (Lipinski definition) is 3. The fourth-order valence-corrected chi connectivity index (χ4v) is 1.91. The number of hydrogen-bond acceptors (Lipinski definition) is 4. The molecule has 0 fully saturated rings. The van der Waals surface area contributed by atoms with Crippen molar-refractivity contribution in [3.63, 3.8) is 0 Å². The molecule has 0 radical (unpaired) electrons. The minimum atomic E-state index is -0.0702. The van der Waals surface area contributed by atoms with E-state index in [1.165, 1.54) is 0 Å². The van der Waals surface area contributed by atoms with Gasteiger partial charge < -0.3 is 20.4 Å². The molecule has 1 rings (SSSR count). The first-order valence-electron chi connectivity index (χ1n) is 7.14. The molecule has 3 N–H and O–H groups in total. The Kier molecular flexibility index (Phi) is 8.11. The van der Waals surface area contributed by atoms with Gasteiger partial charge in [0.05, 0.1) is 6.33 Å². The summed E-state index contributed by atoms with van der Waals surface area (Å²) in [5, 5.41) is 5.61. The van der Waals surface area contributed by atoms with Gasteiger partial charge in [-0.05, 0) is 13.3 Å². The summed E-state index contributed by atoms with van der Waals surface area (Å²) < 4.78 is 4.87. The van der Waals surface area contributed by atoms with E-state index in [9.17, 15) is 9.59 Å². The fourth-order valence-electron chi connectivity index (χ4n) is 1.91. The van der Waals surface area contributed by atoms with Gasteiger partial charge in [-0.2, -0.15) is 0 Å². The van der Waals surface area contributed by atoms with Crippen LogP contribution in [0, 0.1) is 0 Å². The Morgan fingerprint density at radius 1 is 1.38 bits per heavy atom. The van der Waals surface area contributed by atoms with E-state index >= 15 is 0 Å². The van der Waals surface area contributed by atoms with Gasteiger partial charge in [0, 0.05) is 57.5 Å². The number of H-pyrrole nitrogens is 1. The maximum atomic E-state index is 11.7. The Morgan fingerprint density at radius 3 is 2.86 bits per heavy atom. The summed E-state index contributed by atoms with van der Waals surface area (Å²) in [5.41, 5.74) is 0.981. The van der Waals surface area contributed by atoms with E-state index in [1.807, 2.05) is 6.92 Å². The average Bonchev–Trinajstić information content (AvgIpc) is 2.91. The first kappa shape index (κ1) is 17.2. The molecule has 0 aromatic carbocycles. The Bertz CT molecular complexity index is 420. The predicted octanol–water partition coefficient (Wildman–Crippen LogP) is 0.390. The van der Waals surface area contributed by atoms with Crippen LogP contribution in [0.5, 0.6) is 0 Å². The van der Waals surface area contributed by atoms with Crippen molar-refractivity contribution in [1.82, 2.24) is 20.6 Å². The van der Waals surface area contributed by atoms with Crippen LogP contribution < -0.4 is 10.6 Å². The molecule has 1 atom stereocenters. The minimum Gasteiger partial charge on any atom is -0.385 e. The number of carbonyl (C=O) groups excluding carboxylic acids is 2. The van der Waals surface area contributed by atoms with E-state index in [2.05, 4.69) is 20.6 Å². The van der Waals surface area contributed by atoms with Crippen LogP contribution in [0.25, 0.3) is 0 Å². The van der Waals surface area contributed by atoms with Crippen LogP contribution >= 0.6 is 0 Å². The summed E-state index contributed by atoms with van der Waals surface area (Å²) >= 11 is 0. The summed E-state index contributed by atoms with van der Waals surface area (Å²) in [7, 11) is 1.60. The number of methoxy groups -OCH3 is 1. The van der Waals surface area contributed by atoms with Gasteiger partial charge in [-0.15, -0.1) is 0 Å². The Hall–Kier alpha value is -1.89. The van der Waals surface area contributed by atoms with Crippen molar-refractivity contribution in [2.24, 2.45) is 0 Å². The molecule has 0 saturated heterocycles. The van der Waals surface area contributed by atoms with E-state index < -0.39 is 0 Å². The molecule has 0 spiro atoms. The number of aromatic nitrogens is 2. The summed E-state index contributed by atoms with van der Waals surface area (Å²) in [6.07, 6.45) is 5.45. The topological polar surface area (TPSA) is 96.1 Å². The number of imidazole rings is 1. The standard InChI is InChI=1S/C14H24N4O3/c1-11(8-12-9-15-10-17-12)18-14(20)5-6-16-13(19)4-3-7-21-2/h9-11H,3-8H2,1-2H3,(H,15,17)(H,16,19)(H,18,20)/t11-/m1/s1. The van der Waals surface area contributed by atoms with Crippen molar-refractivity contribution in [3.8, 4) is 0 Å².